The fraction of sp³-hybridized carbons (Fsp3) is 0.417. The molecule has 0 saturated carbocycles. The highest BCUT2D eigenvalue weighted by molar-refractivity contribution is 9.10. The first-order chi connectivity index (χ1) is 9.06. The van der Waals surface area contributed by atoms with Crippen LogP contribution in [0.1, 0.15) is 0 Å². The van der Waals surface area contributed by atoms with Crippen molar-refractivity contribution in [3.05, 3.63) is 28.2 Å². The Morgan fingerprint density at radius 1 is 1.32 bits per heavy atom. The molecule has 104 valence electrons. The van der Waals surface area contributed by atoms with E-state index in [-0.39, 0.29) is 22.6 Å². The molecule has 2 N–H and O–H groups in total. The van der Waals surface area contributed by atoms with Gasteiger partial charge in [-0.25, -0.2) is 8.78 Å². The van der Waals surface area contributed by atoms with Crippen molar-refractivity contribution in [3.8, 4) is 0 Å². The SMILES string of the molecule is O=C(CN1CCNCC1)Nc1cc(Br)c(F)cc1F. The van der Waals surface area contributed by atoms with E-state index in [2.05, 4.69) is 26.6 Å². The third kappa shape index (κ3) is 3.95. The molecule has 1 aromatic rings. The highest BCUT2D eigenvalue weighted by atomic mass is 79.9. The summed E-state index contributed by atoms with van der Waals surface area (Å²) < 4.78 is 26.6. The number of carbonyl (C=O) groups excluding carboxylic acids is 1. The summed E-state index contributed by atoms with van der Waals surface area (Å²) in [6.45, 7) is 3.44. The van der Waals surface area contributed by atoms with Crippen molar-refractivity contribution in [2.75, 3.05) is 38.0 Å². The molecule has 1 amide bonds. The van der Waals surface area contributed by atoms with Gasteiger partial charge >= 0.3 is 0 Å². The topological polar surface area (TPSA) is 44.4 Å². The number of hydrogen-bond acceptors (Lipinski definition) is 3. The van der Waals surface area contributed by atoms with Crippen molar-refractivity contribution in [1.82, 2.24) is 10.2 Å². The first kappa shape index (κ1) is 14.4. The largest absolute Gasteiger partial charge is 0.322 e. The minimum Gasteiger partial charge on any atom is -0.322 e. The lowest BCUT2D eigenvalue weighted by atomic mass is 10.3. The van der Waals surface area contributed by atoms with E-state index in [9.17, 15) is 13.6 Å². The molecule has 1 aromatic carbocycles. The molecule has 19 heavy (non-hydrogen) atoms. The maximum atomic E-state index is 13.5. The van der Waals surface area contributed by atoms with Gasteiger partial charge in [0, 0.05) is 32.2 Å². The first-order valence-corrected chi connectivity index (χ1v) is 6.73. The van der Waals surface area contributed by atoms with E-state index < -0.39 is 11.6 Å². The molecule has 0 aromatic heterocycles. The van der Waals surface area contributed by atoms with Gasteiger partial charge in [0.1, 0.15) is 11.6 Å². The van der Waals surface area contributed by atoms with E-state index >= 15 is 0 Å². The minimum absolute atomic E-state index is 0.0200. The fourth-order valence-corrected chi connectivity index (χ4v) is 2.22. The number of benzene rings is 1. The highest BCUT2D eigenvalue weighted by Gasteiger charge is 2.15. The Bertz CT molecular complexity index is 478. The van der Waals surface area contributed by atoms with Crippen LogP contribution in [0.25, 0.3) is 0 Å². The van der Waals surface area contributed by atoms with Crippen molar-refractivity contribution >= 4 is 27.5 Å². The number of nitrogens with one attached hydrogen (secondary N) is 2. The third-order valence-corrected chi connectivity index (χ3v) is 3.47. The van der Waals surface area contributed by atoms with Crippen LogP contribution in [0.2, 0.25) is 0 Å². The molecule has 0 atom stereocenters. The van der Waals surface area contributed by atoms with Gasteiger partial charge in [0.05, 0.1) is 16.7 Å². The standard InChI is InChI=1S/C12H14BrF2N3O/c13-8-5-11(10(15)6-9(8)14)17-12(19)7-18-3-1-16-2-4-18/h5-6,16H,1-4,7H2,(H,17,19). The second-order valence-electron chi connectivity index (χ2n) is 4.32. The maximum Gasteiger partial charge on any atom is 0.238 e. The monoisotopic (exact) mass is 333 g/mol. The van der Waals surface area contributed by atoms with Crippen LogP contribution in [0, 0.1) is 11.6 Å². The van der Waals surface area contributed by atoms with Gasteiger partial charge in [-0.3, -0.25) is 9.69 Å². The second kappa shape index (κ2) is 6.40. The zero-order chi connectivity index (χ0) is 13.8. The fourth-order valence-electron chi connectivity index (χ4n) is 1.88. The number of amides is 1. The average Bonchev–Trinajstić information content (AvgIpc) is 2.37. The van der Waals surface area contributed by atoms with Crippen LogP contribution in [0.15, 0.2) is 16.6 Å². The number of anilines is 1. The predicted octanol–water partition coefficient (Wildman–Crippen LogP) is 1.57. The number of rotatable bonds is 3. The molecule has 1 aliphatic heterocycles. The normalized spacial score (nSPS) is 16.4. The van der Waals surface area contributed by atoms with Gasteiger partial charge in [0.25, 0.3) is 0 Å². The molecule has 1 fully saturated rings. The van der Waals surface area contributed by atoms with Gasteiger partial charge < -0.3 is 10.6 Å². The second-order valence-corrected chi connectivity index (χ2v) is 5.17. The summed E-state index contributed by atoms with van der Waals surface area (Å²) >= 11 is 2.96. The van der Waals surface area contributed by atoms with E-state index in [0.29, 0.717) is 0 Å². The van der Waals surface area contributed by atoms with E-state index in [1.807, 2.05) is 4.90 Å². The Labute approximate surface area is 118 Å². The van der Waals surface area contributed by atoms with Crippen molar-refractivity contribution in [3.63, 3.8) is 0 Å². The van der Waals surface area contributed by atoms with Gasteiger partial charge in [-0.2, -0.15) is 0 Å². The quantitative estimate of drug-likeness (QED) is 0.825. The Kier molecular flexibility index (Phi) is 4.84. The molecule has 0 spiro atoms. The summed E-state index contributed by atoms with van der Waals surface area (Å²) in [6.07, 6.45) is 0. The van der Waals surface area contributed by atoms with E-state index in [1.165, 1.54) is 6.07 Å². The molecule has 7 heteroatoms. The molecule has 4 nitrogen and oxygen atoms in total. The number of carbonyl (C=O) groups is 1. The van der Waals surface area contributed by atoms with Crippen molar-refractivity contribution in [2.45, 2.75) is 0 Å². The molecule has 2 rings (SSSR count). The van der Waals surface area contributed by atoms with Crippen LogP contribution < -0.4 is 10.6 Å². The maximum absolute atomic E-state index is 13.5. The summed E-state index contributed by atoms with van der Waals surface area (Å²) in [6, 6.07) is 1.96. The van der Waals surface area contributed by atoms with Gasteiger partial charge in [-0.1, -0.05) is 0 Å². The van der Waals surface area contributed by atoms with E-state index in [0.717, 1.165) is 32.2 Å². The number of piperazine rings is 1. The van der Waals surface area contributed by atoms with Crippen molar-refractivity contribution < 1.29 is 13.6 Å². The molecule has 0 aliphatic carbocycles. The first-order valence-electron chi connectivity index (χ1n) is 5.94. The lowest BCUT2D eigenvalue weighted by molar-refractivity contribution is -0.117. The average molecular weight is 334 g/mol. The lowest BCUT2D eigenvalue weighted by Crippen LogP contribution is -2.46. The summed E-state index contributed by atoms with van der Waals surface area (Å²) in [5, 5.41) is 5.63. The molecule has 0 radical (unpaired) electrons. The van der Waals surface area contributed by atoms with Crippen LogP contribution in [0.3, 0.4) is 0 Å². The van der Waals surface area contributed by atoms with Crippen LogP contribution in [0.4, 0.5) is 14.5 Å². The Hall–Kier alpha value is -1.05. The minimum atomic E-state index is -0.783. The summed E-state index contributed by atoms with van der Waals surface area (Å²) in [5.41, 5.74) is -0.0200. The van der Waals surface area contributed by atoms with Gasteiger partial charge in [-0.05, 0) is 22.0 Å². The predicted molar refractivity (Wildman–Crippen MR) is 72.0 cm³/mol. The number of halogens is 3. The summed E-state index contributed by atoms with van der Waals surface area (Å²) in [7, 11) is 0. The lowest BCUT2D eigenvalue weighted by Gasteiger charge is -2.26. The third-order valence-electron chi connectivity index (χ3n) is 2.86. The van der Waals surface area contributed by atoms with Crippen LogP contribution >= 0.6 is 15.9 Å². The van der Waals surface area contributed by atoms with E-state index in [4.69, 9.17) is 0 Å². The summed E-state index contributed by atoms with van der Waals surface area (Å²) in [5.74, 6) is -1.79. The van der Waals surface area contributed by atoms with Gasteiger partial charge in [0.2, 0.25) is 5.91 Å². The molecular formula is C12H14BrF2N3O. The zero-order valence-corrected chi connectivity index (χ0v) is 11.8. The van der Waals surface area contributed by atoms with Gasteiger partial charge in [-0.15, -0.1) is 0 Å². The highest BCUT2D eigenvalue weighted by Crippen LogP contribution is 2.23. The number of hydrogen-bond donors (Lipinski definition) is 2. The molecule has 0 bridgehead atoms. The Balaban J connectivity index is 1.96. The Morgan fingerprint density at radius 3 is 2.68 bits per heavy atom. The summed E-state index contributed by atoms with van der Waals surface area (Å²) in [4.78, 5) is 13.8. The Morgan fingerprint density at radius 2 is 2.00 bits per heavy atom. The van der Waals surface area contributed by atoms with Crippen molar-refractivity contribution in [2.24, 2.45) is 0 Å². The molecular weight excluding hydrogens is 320 g/mol. The zero-order valence-electron chi connectivity index (χ0n) is 10.2. The molecule has 1 aliphatic rings. The molecule has 0 unspecified atom stereocenters. The smallest absolute Gasteiger partial charge is 0.238 e. The van der Waals surface area contributed by atoms with Crippen LogP contribution in [-0.4, -0.2) is 43.5 Å². The van der Waals surface area contributed by atoms with Crippen LogP contribution in [-0.2, 0) is 4.79 Å². The van der Waals surface area contributed by atoms with E-state index in [1.54, 1.807) is 0 Å². The number of nitrogens with zero attached hydrogens (tertiary/aromatic N) is 1. The van der Waals surface area contributed by atoms with Gasteiger partial charge in [0.15, 0.2) is 0 Å². The molecule has 1 heterocycles. The van der Waals surface area contributed by atoms with Crippen LogP contribution in [0.5, 0.6) is 0 Å². The molecule has 1 saturated heterocycles. The van der Waals surface area contributed by atoms with Crippen molar-refractivity contribution in [1.29, 1.82) is 0 Å².